The molecule has 4 nitrogen and oxygen atoms in total. The monoisotopic (exact) mass is 329 g/mol. The Kier molecular flexibility index (Phi) is 5.69. The van der Waals surface area contributed by atoms with Crippen molar-refractivity contribution in [1.29, 1.82) is 0 Å². The zero-order chi connectivity index (χ0) is 16.9. The second kappa shape index (κ2) is 7.95. The van der Waals surface area contributed by atoms with Gasteiger partial charge in [0.2, 0.25) is 0 Å². The first kappa shape index (κ1) is 17.2. The molecule has 130 valence electrons. The van der Waals surface area contributed by atoms with Crippen LogP contribution in [0.3, 0.4) is 0 Å². The number of para-hydroxylation sites is 2. The van der Waals surface area contributed by atoms with Crippen molar-refractivity contribution in [3.05, 3.63) is 42.2 Å². The number of hydrogen-bond donors (Lipinski definition) is 1. The molecule has 1 heterocycles. The fourth-order valence-corrected chi connectivity index (χ4v) is 3.71. The summed E-state index contributed by atoms with van der Waals surface area (Å²) in [4.78, 5) is 0. The van der Waals surface area contributed by atoms with Gasteiger partial charge in [0.15, 0.2) is 11.0 Å². The van der Waals surface area contributed by atoms with E-state index < -0.39 is 6.10 Å². The highest BCUT2D eigenvalue weighted by molar-refractivity contribution is 5.72. The van der Waals surface area contributed by atoms with Crippen molar-refractivity contribution in [3.63, 3.8) is 0 Å². The average molecular weight is 329 g/mol. The number of imidazole rings is 1. The molecule has 0 aliphatic heterocycles. The lowest BCUT2D eigenvalue weighted by Gasteiger charge is -2.18. The van der Waals surface area contributed by atoms with Crippen LogP contribution in [0.25, 0.3) is 11.0 Å². The second-order valence-electron chi connectivity index (χ2n) is 6.77. The maximum absolute atomic E-state index is 10.5. The van der Waals surface area contributed by atoms with Gasteiger partial charge < -0.3 is 9.84 Å². The molecule has 0 unspecified atom stereocenters. The van der Waals surface area contributed by atoms with E-state index in [0.717, 1.165) is 25.9 Å². The molecule has 1 aromatic heterocycles. The third-order valence-electron chi connectivity index (χ3n) is 4.98. The number of hydrogen-bond acceptors (Lipinski definition) is 2. The van der Waals surface area contributed by atoms with Gasteiger partial charge in [0.05, 0.1) is 13.7 Å². The lowest BCUT2D eigenvalue weighted by atomic mass is 9.95. The van der Waals surface area contributed by atoms with E-state index in [-0.39, 0.29) is 0 Å². The van der Waals surface area contributed by atoms with Crippen LogP contribution in [0.1, 0.15) is 32.0 Å². The fraction of sp³-hybridized carbons (Fsp3) is 0.550. The third-order valence-corrected chi connectivity index (χ3v) is 4.98. The van der Waals surface area contributed by atoms with Crippen molar-refractivity contribution in [2.45, 2.75) is 45.3 Å². The smallest absolute Gasteiger partial charge is 0.256 e. The molecule has 4 heteroatoms. The summed E-state index contributed by atoms with van der Waals surface area (Å²) in [6, 6.07) is 8.36. The van der Waals surface area contributed by atoms with Crippen LogP contribution in [-0.2, 0) is 24.8 Å². The minimum atomic E-state index is -0.481. The number of aliphatic hydroxyl groups excluding tert-OH is 1. The molecule has 1 aromatic carbocycles. The summed E-state index contributed by atoms with van der Waals surface area (Å²) in [5, 5.41) is 10.5. The molecule has 2 atom stereocenters. The fourth-order valence-electron chi connectivity index (χ4n) is 3.71. The highest BCUT2D eigenvalue weighted by Crippen LogP contribution is 2.19. The molecule has 0 saturated heterocycles. The Hall–Kier alpha value is -1.65. The summed E-state index contributed by atoms with van der Waals surface area (Å²) in [5.74, 6) is 1.84. The van der Waals surface area contributed by atoms with E-state index in [1.807, 2.05) is 0 Å². The first-order valence-electron chi connectivity index (χ1n) is 9.07. The van der Waals surface area contributed by atoms with Crippen molar-refractivity contribution < 1.29 is 14.4 Å². The van der Waals surface area contributed by atoms with Crippen molar-refractivity contribution in [2.24, 2.45) is 13.0 Å². The van der Waals surface area contributed by atoms with Crippen LogP contribution in [0.5, 0.6) is 0 Å². The molecule has 0 saturated carbocycles. The van der Waals surface area contributed by atoms with Crippen molar-refractivity contribution >= 4 is 11.0 Å². The SMILES string of the molecule is CCc1n(C[C@@H](O)COC[C@H]2CC=CCC2)c2ccccc2[n+]1C. The van der Waals surface area contributed by atoms with Crippen molar-refractivity contribution in [2.75, 3.05) is 13.2 Å². The molecule has 24 heavy (non-hydrogen) atoms. The standard InChI is InChI=1S/C20H29N2O2/c1-3-20-21(2)18-11-7-8-12-19(18)22(20)13-17(23)15-24-14-16-9-5-4-6-10-16/h4-5,7-8,11-12,16-17,23H,3,6,9-10,13-15H2,1-2H3/q+1/t16-,17+/m0/s1. The maximum Gasteiger partial charge on any atom is 0.256 e. The van der Waals surface area contributed by atoms with Crippen LogP contribution >= 0.6 is 0 Å². The number of allylic oxidation sites excluding steroid dienone is 2. The van der Waals surface area contributed by atoms with Gasteiger partial charge in [-0.3, -0.25) is 0 Å². The number of aromatic nitrogens is 2. The Balaban J connectivity index is 1.62. The molecular weight excluding hydrogens is 300 g/mol. The van der Waals surface area contributed by atoms with Gasteiger partial charge in [0.25, 0.3) is 5.82 Å². The van der Waals surface area contributed by atoms with E-state index >= 15 is 0 Å². The van der Waals surface area contributed by atoms with Gasteiger partial charge in [-0.15, -0.1) is 0 Å². The third kappa shape index (κ3) is 3.70. The van der Waals surface area contributed by atoms with Crippen LogP contribution in [0, 0.1) is 5.92 Å². The van der Waals surface area contributed by atoms with Crippen LogP contribution in [0.15, 0.2) is 36.4 Å². The molecule has 1 N–H and O–H groups in total. The van der Waals surface area contributed by atoms with E-state index in [9.17, 15) is 5.11 Å². The van der Waals surface area contributed by atoms with Crippen molar-refractivity contribution in [3.8, 4) is 0 Å². The summed E-state index contributed by atoms with van der Waals surface area (Å²) < 4.78 is 10.2. The molecule has 2 aromatic rings. The Labute approximate surface area is 144 Å². The number of rotatable bonds is 7. The quantitative estimate of drug-likeness (QED) is 0.626. The largest absolute Gasteiger partial charge is 0.387 e. The predicted octanol–water partition coefficient (Wildman–Crippen LogP) is 2.76. The molecular formula is C20H29N2O2+. The Morgan fingerprint density at radius 2 is 2.17 bits per heavy atom. The first-order chi connectivity index (χ1) is 11.7. The van der Waals surface area contributed by atoms with Crippen molar-refractivity contribution in [1.82, 2.24) is 4.57 Å². The van der Waals surface area contributed by atoms with Crippen LogP contribution in [0.4, 0.5) is 0 Å². The van der Waals surface area contributed by atoms with Gasteiger partial charge in [-0.25, -0.2) is 9.13 Å². The number of aryl methyl sites for hydroxylation is 1. The summed E-state index contributed by atoms with van der Waals surface area (Å²) in [6.45, 7) is 3.89. The summed E-state index contributed by atoms with van der Waals surface area (Å²) in [5.41, 5.74) is 2.38. The van der Waals surface area contributed by atoms with E-state index in [2.05, 4.69) is 59.5 Å². The summed E-state index contributed by atoms with van der Waals surface area (Å²) in [6.07, 6.45) is 8.40. The number of fused-ring (bicyclic) bond motifs is 1. The van der Waals surface area contributed by atoms with Gasteiger partial charge >= 0.3 is 0 Å². The average Bonchev–Trinajstić information content (AvgIpc) is 2.88. The molecule has 0 spiro atoms. The highest BCUT2D eigenvalue weighted by atomic mass is 16.5. The van der Waals surface area contributed by atoms with Gasteiger partial charge in [-0.05, 0) is 37.3 Å². The lowest BCUT2D eigenvalue weighted by molar-refractivity contribution is -0.653. The molecule has 0 amide bonds. The Bertz CT molecular complexity index is 705. The van der Waals surface area contributed by atoms with E-state index in [1.165, 1.54) is 23.3 Å². The second-order valence-corrected chi connectivity index (χ2v) is 6.77. The Morgan fingerprint density at radius 1 is 1.33 bits per heavy atom. The van der Waals surface area contributed by atoms with E-state index in [4.69, 9.17) is 4.74 Å². The van der Waals surface area contributed by atoms with E-state index in [1.54, 1.807) is 0 Å². The summed E-state index contributed by atoms with van der Waals surface area (Å²) >= 11 is 0. The first-order valence-corrected chi connectivity index (χ1v) is 9.07. The van der Waals surface area contributed by atoms with Crippen LogP contribution < -0.4 is 4.57 Å². The molecule has 3 rings (SSSR count). The summed E-state index contributed by atoms with van der Waals surface area (Å²) in [7, 11) is 2.09. The number of nitrogens with zero attached hydrogens (tertiary/aromatic N) is 2. The van der Waals surface area contributed by atoms with Gasteiger partial charge in [0, 0.05) is 13.0 Å². The number of aliphatic hydroxyl groups is 1. The van der Waals surface area contributed by atoms with E-state index in [0.29, 0.717) is 19.1 Å². The molecule has 1 aliphatic rings. The molecule has 1 aliphatic carbocycles. The van der Waals surface area contributed by atoms with Gasteiger partial charge in [0.1, 0.15) is 12.6 Å². The van der Waals surface area contributed by atoms with Gasteiger partial charge in [-0.1, -0.05) is 31.2 Å². The maximum atomic E-state index is 10.5. The Morgan fingerprint density at radius 3 is 2.92 bits per heavy atom. The molecule has 0 radical (unpaired) electrons. The molecule has 0 fully saturated rings. The zero-order valence-corrected chi connectivity index (χ0v) is 14.8. The highest BCUT2D eigenvalue weighted by Gasteiger charge is 2.23. The predicted molar refractivity (Wildman–Crippen MR) is 95.8 cm³/mol. The zero-order valence-electron chi connectivity index (χ0n) is 14.8. The lowest BCUT2D eigenvalue weighted by Crippen LogP contribution is -2.34. The number of ether oxygens (including phenoxy) is 1. The molecule has 0 bridgehead atoms. The topological polar surface area (TPSA) is 38.3 Å². The van der Waals surface area contributed by atoms with Gasteiger partial charge in [-0.2, -0.15) is 0 Å². The van der Waals surface area contributed by atoms with Crippen LogP contribution in [-0.4, -0.2) is 29.0 Å². The van der Waals surface area contributed by atoms with Crippen LogP contribution in [0.2, 0.25) is 0 Å². The minimum Gasteiger partial charge on any atom is -0.387 e. The minimum absolute atomic E-state index is 0.402. The number of benzene rings is 1. The normalized spacial score (nSPS) is 19.0.